The van der Waals surface area contributed by atoms with Crippen molar-refractivity contribution in [3.05, 3.63) is 34.8 Å². The summed E-state index contributed by atoms with van der Waals surface area (Å²) in [6.45, 7) is 7.88. The molecule has 0 radical (unpaired) electrons. The Bertz CT molecular complexity index is 744. The van der Waals surface area contributed by atoms with E-state index in [9.17, 15) is 9.59 Å². The molecule has 0 bridgehead atoms. The maximum absolute atomic E-state index is 12.6. The van der Waals surface area contributed by atoms with Crippen molar-refractivity contribution in [2.75, 3.05) is 11.1 Å². The molecule has 1 aromatic heterocycles. The van der Waals surface area contributed by atoms with Crippen molar-refractivity contribution in [1.82, 2.24) is 15.5 Å². The van der Waals surface area contributed by atoms with Gasteiger partial charge in [0, 0.05) is 16.9 Å². The molecule has 1 aromatic carbocycles. The molecule has 0 spiro atoms. The largest absolute Gasteiger partial charge is 0.353 e. The number of anilines is 1. The molecular weight excluding hydrogens is 356 g/mol. The Balaban J connectivity index is 2.05. The van der Waals surface area contributed by atoms with E-state index in [1.54, 1.807) is 12.1 Å². The zero-order chi connectivity index (χ0) is 18.4. The van der Waals surface area contributed by atoms with Gasteiger partial charge in [-0.1, -0.05) is 37.3 Å². The number of nitrogens with zero attached hydrogens (tertiary/aromatic N) is 2. The van der Waals surface area contributed by atoms with Crippen LogP contribution >= 0.6 is 23.1 Å². The van der Waals surface area contributed by atoms with Crippen LogP contribution < -0.4 is 10.6 Å². The summed E-state index contributed by atoms with van der Waals surface area (Å²) in [6, 6.07) is 7.32. The van der Waals surface area contributed by atoms with E-state index in [0.29, 0.717) is 10.7 Å². The highest BCUT2D eigenvalue weighted by Gasteiger charge is 2.16. The molecule has 8 heteroatoms. The van der Waals surface area contributed by atoms with Crippen molar-refractivity contribution in [3.63, 3.8) is 0 Å². The van der Waals surface area contributed by atoms with Crippen LogP contribution in [0.1, 0.15) is 49.0 Å². The van der Waals surface area contributed by atoms with E-state index in [2.05, 4.69) is 20.8 Å². The fraction of sp³-hybridized carbons (Fsp3) is 0.412. The topological polar surface area (TPSA) is 84.0 Å². The molecule has 0 aliphatic rings. The molecule has 25 heavy (non-hydrogen) atoms. The Morgan fingerprint density at radius 3 is 2.52 bits per heavy atom. The molecule has 0 saturated carbocycles. The lowest BCUT2D eigenvalue weighted by atomic mass is 10.2. The standard InChI is InChI=1S/C17H22N4O2S2/c1-10(2)16-20-21-17(25-16)19-15(23)12-7-5-6-8-13(12)24-9-14(22)18-11(3)4/h5-8,10-11H,9H2,1-4H3,(H,18,22)(H,19,21,23). The van der Waals surface area contributed by atoms with E-state index < -0.39 is 0 Å². The van der Waals surface area contributed by atoms with E-state index >= 15 is 0 Å². The van der Waals surface area contributed by atoms with Gasteiger partial charge in [-0.3, -0.25) is 14.9 Å². The van der Waals surface area contributed by atoms with Crippen molar-refractivity contribution in [1.29, 1.82) is 0 Å². The molecule has 0 aliphatic carbocycles. The predicted octanol–water partition coefficient (Wildman–Crippen LogP) is 3.53. The smallest absolute Gasteiger partial charge is 0.258 e. The SMILES string of the molecule is CC(C)NC(=O)CSc1ccccc1C(=O)Nc1nnc(C(C)C)s1. The average molecular weight is 379 g/mol. The van der Waals surface area contributed by atoms with Crippen LogP contribution in [0, 0.1) is 0 Å². The summed E-state index contributed by atoms with van der Waals surface area (Å²) in [6.07, 6.45) is 0. The molecule has 0 fully saturated rings. The van der Waals surface area contributed by atoms with Crippen LogP contribution in [0.5, 0.6) is 0 Å². The maximum Gasteiger partial charge on any atom is 0.258 e. The number of rotatable bonds is 7. The van der Waals surface area contributed by atoms with Crippen LogP contribution in [-0.2, 0) is 4.79 Å². The van der Waals surface area contributed by atoms with Crippen LogP contribution in [0.2, 0.25) is 0 Å². The summed E-state index contributed by atoms with van der Waals surface area (Å²) < 4.78 is 0. The van der Waals surface area contributed by atoms with Crippen LogP contribution in [0.3, 0.4) is 0 Å². The average Bonchev–Trinajstić information content (AvgIpc) is 3.01. The number of thioether (sulfide) groups is 1. The highest BCUT2D eigenvalue weighted by atomic mass is 32.2. The molecule has 2 aromatic rings. The lowest BCUT2D eigenvalue weighted by molar-refractivity contribution is -0.119. The molecule has 0 saturated heterocycles. The number of carbonyl (C=O) groups excluding carboxylic acids is 2. The first kappa shape index (κ1) is 19.4. The number of amides is 2. The van der Waals surface area contributed by atoms with Crippen LogP contribution in [0.4, 0.5) is 5.13 Å². The normalized spacial score (nSPS) is 11.0. The lowest BCUT2D eigenvalue weighted by Crippen LogP contribution is -2.31. The monoisotopic (exact) mass is 378 g/mol. The van der Waals surface area contributed by atoms with Crippen molar-refractivity contribution in [2.45, 2.75) is 44.6 Å². The number of hydrogen-bond acceptors (Lipinski definition) is 6. The second-order valence-electron chi connectivity index (χ2n) is 6.06. The van der Waals surface area contributed by atoms with Crippen molar-refractivity contribution in [3.8, 4) is 0 Å². The van der Waals surface area contributed by atoms with Gasteiger partial charge in [-0.15, -0.1) is 22.0 Å². The van der Waals surface area contributed by atoms with Crippen LogP contribution in [0.15, 0.2) is 29.2 Å². The zero-order valence-electron chi connectivity index (χ0n) is 14.7. The lowest BCUT2D eigenvalue weighted by Gasteiger charge is -2.10. The van der Waals surface area contributed by atoms with Gasteiger partial charge in [0.15, 0.2) is 0 Å². The van der Waals surface area contributed by atoms with E-state index in [-0.39, 0.29) is 29.5 Å². The summed E-state index contributed by atoms with van der Waals surface area (Å²) in [5.74, 6) is 0.226. The summed E-state index contributed by atoms with van der Waals surface area (Å²) in [5.41, 5.74) is 0.520. The van der Waals surface area contributed by atoms with Gasteiger partial charge in [-0.25, -0.2) is 0 Å². The first-order valence-electron chi connectivity index (χ1n) is 8.02. The minimum Gasteiger partial charge on any atom is -0.353 e. The minimum absolute atomic E-state index is 0.0547. The number of nitrogens with one attached hydrogen (secondary N) is 2. The van der Waals surface area contributed by atoms with Crippen molar-refractivity contribution >= 4 is 40.0 Å². The van der Waals surface area contributed by atoms with Gasteiger partial charge in [0.05, 0.1) is 11.3 Å². The maximum atomic E-state index is 12.6. The number of benzene rings is 1. The molecule has 0 unspecified atom stereocenters. The van der Waals surface area contributed by atoms with Gasteiger partial charge in [0.2, 0.25) is 11.0 Å². The Morgan fingerprint density at radius 2 is 1.88 bits per heavy atom. The van der Waals surface area contributed by atoms with Crippen LogP contribution in [0.25, 0.3) is 0 Å². The van der Waals surface area contributed by atoms with E-state index in [1.807, 2.05) is 39.8 Å². The van der Waals surface area contributed by atoms with Gasteiger partial charge >= 0.3 is 0 Å². The molecule has 134 valence electrons. The fourth-order valence-corrected chi connectivity index (χ4v) is 3.57. The second-order valence-corrected chi connectivity index (χ2v) is 8.09. The summed E-state index contributed by atoms with van der Waals surface area (Å²) in [5, 5.41) is 15.1. The molecule has 2 amide bonds. The van der Waals surface area contributed by atoms with E-state index in [1.165, 1.54) is 23.1 Å². The summed E-state index contributed by atoms with van der Waals surface area (Å²) in [7, 11) is 0. The molecule has 0 aliphatic heterocycles. The molecule has 2 N–H and O–H groups in total. The molecule has 0 atom stereocenters. The third kappa shape index (κ3) is 5.82. The highest BCUT2D eigenvalue weighted by molar-refractivity contribution is 8.00. The number of hydrogen-bond donors (Lipinski definition) is 2. The van der Waals surface area contributed by atoms with Gasteiger partial charge in [-0.2, -0.15) is 0 Å². The molecule has 2 rings (SSSR count). The van der Waals surface area contributed by atoms with Crippen LogP contribution in [-0.4, -0.2) is 33.8 Å². The van der Waals surface area contributed by atoms with Gasteiger partial charge < -0.3 is 5.32 Å². The first-order chi connectivity index (χ1) is 11.9. The highest BCUT2D eigenvalue weighted by Crippen LogP contribution is 2.26. The minimum atomic E-state index is -0.251. The van der Waals surface area contributed by atoms with Gasteiger partial charge in [0.1, 0.15) is 5.01 Å². The first-order valence-corrected chi connectivity index (χ1v) is 9.83. The Morgan fingerprint density at radius 1 is 1.16 bits per heavy atom. The fourth-order valence-electron chi connectivity index (χ4n) is 1.97. The summed E-state index contributed by atoms with van der Waals surface area (Å²) >= 11 is 2.71. The third-order valence-electron chi connectivity index (χ3n) is 3.10. The third-order valence-corrected chi connectivity index (χ3v) is 5.31. The van der Waals surface area contributed by atoms with Crippen molar-refractivity contribution in [2.24, 2.45) is 0 Å². The summed E-state index contributed by atoms with van der Waals surface area (Å²) in [4.78, 5) is 25.1. The molecule has 6 nitrogen and oxygen atoms in total. The number of aromatic nitrogens is 2. The molecule has 1 heterocycles. The van der Waals surface area contributed by atoms with Gasteiger partial charge in [0.25, 0.3) is 5.91 Å². The van der Waals surface area contributed by atoms with E-state index in [4.69, 9.17) is 0 Å². The quantitative estimate of drug-likeness (QED) is 0.720. The number of carbonyl (C=O) groups is 2. The van der Waals surface area contributed by atoms with Gasteiger partial charge in [-0.05, 0) is 26.0 Å². The Hall–Kier alpha value is -1.93. The predicted molar refractivity (Wildman–Crippen MR) is 102 cm³/mol. The van der Waals surface area contributed by atoms with E-state index in [0.717, 1.165) is 9.90 Å². The Labute approximate surface area is 155 Å². The zero-order valence-corrected chi connectivity index (χ0v) is 16.3. The second kappa shape index (κ2) is 8.96. The Kier molecular flexibility index (Phi) is 6.95. The molecular formula is C17H22N4O2S2. The van der Waals surface area contributed by atoms with Crippen molar-refractivity contribution < 1.29 is 9.59 Å².